The van der Waals surface area contributed by atoms with Gasteiger partial charge in [0, 0.05) is 31.9 Å². The van der Waals surface area contributed by atoms with Gasteiger partial charge < -0.3 is 19.9 Å². The number of nitrogens with zero attached hydrogens (tertiary/aromatic N) is 4. The Morgan fingerprint density at radius 2 is 2.00 bits per heavy atom. The zero-order chi connectivity index (χ0) is 18.6. The summed E-state index contributed by atoms with van der Waals surface area (Å²) in [7, 11) is 0. The molecule has 0 aromatic carbocycles. The molecule has 1 aromatic heterocycles. The summed E-state index contributed by atoms with van der Waals surface area (Å²) < 4.78 is 5.94. The molecular formula is C20H31N5O2. The Balaban J connectivity index is 1.39. The summed E-state index contributed by atoms with van der Waals surface area (Å²) in [4.78, 5) is 26.0. The highest BCUT2D eigenvalue weighted by molar-refractivity contribution is 5.74. The molecule has 0 bridgehead atoms. The summed E-state index contributed by atoms with van der Waals surface area (Å²) in [6, 6.07) is 2.25. The molecular weight excluding hydrogens is 342 g/mol. The second-order valence-corrected chi connectivity index (χ2v) is 8.10. The average molecular weight is 374 g/mol. The smallest absolute Gasteiger partial charge is 0.317 e. The molecule has 3 heterocycles. The average Bonchev–Trinajstić information content (AvgIpc) is 3.25. The fraction of sp³-hybridized carbons (Fsp3) is 0.750. The van der Waals surface area contributed by atoms with E-state index in [0.717, 1.165) is 31.2 Å². The van der Waals surface area contributed by atoms with Gasteiger partial charge in [0.2, 0.25) is 5.95 Å². The Bertz CT molecular complexity index is 649. The third-order valence-corrected chi connectivity index (χ3v) is 6.16. The second kappa shape index (κ2) is 8.42. The monoisotopic (exact) mass is 373 g/mol. The predicted molar refractivity (Wildman–Crippen MR) is 104 cm³/mol. The number of aromatic nitrogens is 2. The van der Waals surface area contributed by atoms with E-state index < -0.39 is 0 Å². The standard InChI is InChI=1S/C20H31N5O2/c1-15-6-2-3-7-16(15)23-20(26)25-12-13-27-18(14-25)17-8-9-21-19(22-17)24-10-4-5-11-24/h8-9,15-16,18H,2-7,10-14H2,1H3,(H,23,26). The van der Waals surface area contributed by atoms with Crippen molar-refractivity contribution in [2.24, 2.45) is 5.92 Å². The van der Waals surface area contributed by atoms with Crippen molar-refractivity contribution in [3.63, 3.8) is 0 Å². The number of ether oxygens (including phenoxy) is 1. The highest BCUT2D eigenvalue weighted by Crippen LogP contribution is 2.26. The van der Waals surface area contributed by atoms with Gasteiger partial charge in [-0.15, -0.1) is 0 Å². The Hall–Kier alpha value is -1.89. The summed E-state index contributed by atoms with van der Waals surface area (Å²) in [6.07, 6.45) is 8.80. The lowest BCUT2D eigenvalue weighted by molar-refractivity contribution is -0.0183. The van der Waals surface area contributed by atoms with Gasteiger partial charge in [0.15, 0.2) is 0 Å². The van der Waals surface area contributed by atoms with Crippen LogP contribution in [-0.4, -0.2) is 59.7 Å². The number of carbonyl (C=O) groups excluding carboxylic acids is 1. The van der Waals surface area contributed by atoms with Gasteiger partial charge in [-0.05, 0) is 37.7 Å². The lowest BCUT2D eigenvalue weighted by atomic mass is 9.86. The van der Waals surface area contributed by atoms with Crippen LogP contribution >= 0.6 is 0 Å². The first-order chi connectivity index (χ1) is 13.2. The van der Waals surface area contributed by atoms with Crippen LogP contribution in [0.2, 0.25) is 0 Å². The van der Waals surface area contributed by atoms with Gasteiger partial charge in [-0.3, -0.25) is 0 Å². The molecule has 2 amide bonds. The Labute approximate surface area is 161 Å². The van der Waals surface area contributed by atoms with E-state index in [1.165, 1.54) is 32.1 Å². The summed E-state index contributed by atoms with van der Waals surface area (Å²) >= 11 is 0. The van der Waals surface area contributed by atoms with E-state index in [2.05, 4.69) is 22.1 Å². The summed E-state index contributed by atoms with van der Waals surface area (Å²) in [6.45, 7) is 6.00. The molecule has 2 aliphatic heterocycles. The first kappa shape index (κ1) is 18.5. The molecule has 1 N–H and O–H groups in total. The topological polar surface area (TPSA) is 70.6 Å². The largest absolute Gasteiger partial charge is 0.368 e. The van der Waals surface area contributed by atoms with Crippen LogP contribution in [0.3, 0.4) is 0 Å². The van der Waals surface area contributed by atoms with Crippen molar-refractivity contribution in [2.75, 3.05) is 37.7 Å². The molecule has 1 saturated carbocycles. The van der Waals surface area contributed by atoms with Crippen LogP contribution in [0.25, 0.3) is 0 Å². The van der Waals surface area contributed by atoms with Crippen LogP contribution in [0.4, 0.5) is 10.7 Å². The number of amides is 2. The molecule has 3 atom stereocenters. The van der Waals surface area contributed by atoms with Gasteiger partial charge in [0.05, 0.1) is 18.8 Å². The number of anilines is 1. The van der Waals surface area contributed by atoms with E-state index in [1.54, 1.807) is 0 Å². The van der Waals surface area contributed by atoms with Crippen molar-refractivity contribution in [2.45, 2.75) is 57.6 Å². The zero-order valence-electron chi connectivity index (χ0n) is 16.3. The van der Waals surface area contributed by atoms with Gasteiger partial charge in [0.1, 0.15) is 6.10 Å². The minimum atomic E-state index is -0.183. The maximum Gasteiger partial charge on any atom is 0.317 e. The number of morpholine rings is 1. The van der Waals surface area contributed by atoms with Crippen LogP contribution in [0.15, 0.2) is 12.3 Å². The van der Waals surface area contributed by atoms with Gasteiger partial charge >= 0.3 is 6.03 Å². The fourth-order valence-corrected chi connectivity index (χ4v) is 4.40. The van der Waals surface area contributed by atoms with E-state index in [0.29, 0.717) is 31.7 Å². The van der Waals surface area contributed by atoms with E-state index >= 15 is 0 Å². The Kier molecular flexibility index (Phi) is 5.76. The summed E-state index contributed by atoms with van der Waals surface area (Å²) in [5.41, 5.74) is 0.871. The van der Waals surface area contributed by atoms with Crippen molar-refractivity contribution in [1.29, 1.82) is 0 Å². The van der Waals surface area contributed by atoms with E-state index in [1.807, 2.05) is 17.2 Å². The van der Waals surface area contributed by atoms with Crippen molar-refractivity contribution in [3.05, 3.63) is 18.0 Å². The first-order valence-corrected chi connectivity index (χ1v) is 10.5. The first-order valence-electron chi connectivity index (χ1n) is 10.5. The maximum absolute atomic E-state index is 12.8. The third-order valence-electron chi connectivity index (χ3n) is 6.16. The van der Waals surface area contributed by atoms with Crippen molar-refractivity contribution in [3.8, 4) is 0 Å². The molecule has 2 saturated heterocycles. The third kappa shape index (κ3) is 4.34. The van der Waals surface area contributed by atoms with Crippen LogP contribution in [0.1, 0.15) is 57.2 Å². The number of rotatable bonds is 3. The quantitative estimate of drug-likeness (QED) is 0.882. The van der Waals surface area contributed by atoms with Crippen molar-refractivity contribution < 1.29 is 9.53 Å². The molecule has 1 aliphatic carbocycles. The molecule has 4 rings (SSSR count). The van der Waals surface area contributed by atoms with Crippen LogP contribution in [0, 0.1) is 5.92 Å². The van der Waals surface area contributed by atoms with Crippen LogP contribution < -0.4 is 10.2 Å². The normalized spacial score (nSPS) is 29.0. The number of nitrogens with one attached hydrogen (secondary N) is 1. The minimum Gasteiger partial charge on any atom is -0.368 e. The Morgan fingerprint density at radius 1 is 1.19 bits per heavy atom. The molecule has 148 valence electrons. The van der Waals surface area contributed by atoms with Crippen molar-refractivity contribution >= 4 is 12.0 Å². The maximum atomic E-state index is 12.8. The van der Waals surface area contributed by atoms with E-state index in [4.69, 9.17) is 9.72 Å². The molecule has 0 radical (unpaired) electrons. The number of urea groups is 1. The van der Waals surface area contributed by atoms with Gasteiger partial charge in [-0.2, -0.15) is 0 Å². The minimum absolute atomic E-state index is 0.0378. The lowest BCUT2D eigenvalue weighted by Crippen LogP contribution is -2.51. The summed E-state index contributed by atoms with van der Waals surface area (Å²) in [5.74, 6) is 1.34. The zero-order valence-corrected chi connectivity index (χ0v) is 16.3. The van der Waals surface area contributed by atoms with E-state index in [-0.39, 0.29) is 12.1 Å². The van der Waals surface area contributed by atoms with Crippen LogP contribution in [0.5, 0.6) is 0 Å². The SMILES string of the molecule is CC1CCCCC1NC(=O)N1CCOC(c2ccnc(N3CCCC3)n2)C1. The molecule has 0 spiro atoms. The fourth-order valence-electron chi connectivity index (χ4n) is 4.40. The highest BCUT2D eigenvalue weighted by Gasteiger charge is 2.30. The molecule has 3 fully saturated rings. The number of hydrogen-bond acceptors (Lipinski definition) is 5. The summed E-state index contributed by atoms with van der Waals surface area (Å²) in [5, 5.41) is 3.26. The van der Waals surface area contributed by atoms with Crippen molar-refractivity contribution in [1.82, 2.24) is 20.2 Å². The molecule has 27 heavy (non-hydrogen) atoms. The van der Waals surface area contributed by atoms with Crippen LogP contribution in [-0.2, 0) is 4.74 Å². The second-order valence-electron chi connectivity index (χ2n) is 8.10. The Morgan fingerprint density at radius 3 is 2.81 bits per heavy atom. The van der Waals surface area contributed by atoms with E-state index in [9.17, 15) is 4.79 Å². The van der Waals surface area contributed by atoms with Gasteiger partial charge in [-0.1, -0.05) is 19.8 Å². The van der Waals surface area contributed by atoms with Gasteiger partial charge in [-0.25, -0.2) is 14.8 Å². The predicted octanol–water partition coefficient (Wildman–Crippen LogP) is 2.74. The molecule has 7 nitrogen and oxygen atoms in total. The number of hydrogen-bond donors (Lipinski definition) is 1. The highest BCUT2D eigenvalue weighted by atomic mass is 16.5. The van der Waals surface area contributed by atoms with Gasteiger partial charge in [0.25, 0.3) is 0 Å². The lowest BCUT2D eigenvalue weighted by Gasteiger charge is -2.36. The molecule has 7 heteroatoms. The number of carbonyl (C=O) groups is 1. The molecule has 3 aliphatic rings. The molecule has 3 unspecified atom stereocenters. The molecule has 1 aromatic rings.